The number of nitrogens with zero attached hydrogens (tertiary/aromatic N) is 1. The highest BCUT2D eigenvalue weighted by atomic mass is 32.2. The summed E-state index contributed by atoms with van der Waals surface area (Å²) >= 11 is 0. The molecule has 2 rings (SSSR count). The second-order valence-electron chi connectivity index (χ2n) is 6.98. The number of carbonyl (C=O) groups excluding carboxylic acids is 2. The zero-order chi connectivity index (χ0) is 18.8. The molecule has 1 unspecified atom stereocenters. The van der Waals surface area contributed by atoms with Gasteiger partial charge in [0.25, 0.3) is 0 Å². The molecule has 1 atom stereocenters. The number of benzene rings is 1. The second kappa shape index (κ2) is 7.56. The van der Waals surface area contributed by atoms with E-state index in [1.165, 1.54) is 4.90 Å². The predicted octanol–water partition coefficient (Wildman–Crippen LogP) is 2.09. The van der Waals surface area contributed by atoms with Crippen LogP contribution in [0.2, 0.25) is 0 Å². The second-order valence-corrected chi connectivity index (χ2v) is 9.21. The van der Waals surface area contributed by atoms with Crippen molar-refractivity contribution >= 4 is 27.3 Å². The molecule has 1 aromatic carbocycles. The maximum absolute atomic E-state index is 12.3. The molecule has 1 aliphatic rings. The summed E-state index contributed by atoms with van der Waals surface area (Å²) in [6.45, 7) is 6.01. The fraction of sp³-hybridized carbons (Fsp3) is 0.556. The van der Waals surface area contributed by atoms with E-state index in [9.17, 15) is 18.0 Å². The SMILES string of the molecule is Cc1cccc(C(C)C)c1NC(=O)CC(=O)N(C)C1CCS(=O)(=O)C1. The molecule has 0 spiro atoms. The van der Waals surface area contributed by atoms with Gasteiger partial charge in [0.15, 0.2) is 9.84 Å². The van der Waals surface area contributed by atoms with Crippen LogP contribution >= 0.6 is 0 Å². The molecular formula is C18H26N2O4S. The number of hydrogen-bond acceptors (Lipinski definition) is 4. The van der Waals surface area contributed by atoms with Crippen LogP contribution in [0.4, 0.5) is 5.69 Å². The molecule has 138 valence electrons. The fourth-order valence-electron chi connectivity index (χ4n) is 3.07. The summed E-state index contributed by atoms with van der Waals surface area (Å²) in [5.74, 6) is -0.417. The lowest BCUT2D eigenvalue weighted by Gasteiger charge is -2.23. The summed E-state index contributed by atoms with van der Waals surface area (Å²) in [5, 5.41) is 2.85. The van der Waals surface area contributed by atoms with Crippen molar-refractivity contribution < 1.29 is 18.0 Å². The van der Waals surface area contributed by atoms with E-state index in [0.29, 0.717) is 6.42 Å². The summed E-state index contributed by atoms with van der Waals surface area (Å²) in [6, 6.07) is 5.48. The highest BCUT2D eigenvalue weighted by Crippen LogP contribution is 2.27. The van der Waals surface area contributed by atoms with Gasteiger partial charge in [0.2, 0.25) is 11.8 Å². The van der Waals surface area contributed by atoms with Crippen molar-refractivity contribution in [2.45, 2.75) is 45.6 Å². The molecule has 1 N–H and O–H groups in total. The highest BCUT2D eigenvalue weighted by Gasteiger charge is 2.33. The van der Waals surface area contributed by atoms with Crippen molar-refractivity contribution in [3.05, 3.63) is 29.3 Å². The van der Waals surface area contributed by atoms with Crippen LogP contribution in [0.15, 0.2) is 18.2 Å². The van der Waals surface area contributed by atoms with Crippen molar-refractivity contribution in [1.82, 2.24) is 4.90 Å². The summed E-state index contributed by atoms with van der Waals surface area (Å²) in [4.78, 5) is 26.0. The van der Waals surface area contributed by atoms with Crippen LogP contribution in [0, 0.1) is 6.92 Å². The molecule has 6 nitrogen and oxygen atoms in total. The number of carbonyl (C=O) groups is 2. The zero-order valence-corrected chi connectivity index (χ0v) is 16.0. The Hall–Kier alpha value is -1.89. The first-order valence-electron chi connectivity index (χ1n) is 8.46. The minimum absolute atomic E-state index is 0.0217. The number of nitrogens with one attached hydrogen (secondary N) is 1. The Morgan fingerprint density at radius 2 is 2.00 bits per heavy atom. The van der Waals surface area contributed by atoms with Crippen molar-refractivity contribution in [2.24, 2.45) is 0 Å². The number of rotatable bonds is 5. The Morgan fingerprint density at radius 1 is 1.32 bits per heavy atom. The van der Waals surface area contributed by atoms with Crippen molar-refractivity contribution in [3.63, 3.8) is 0 Å². The van der Waals surface area contributed by atoms with Crippen molar-refractivity contribution in [1.29, 1.82) is 0 Å². The summed E-state index contributed by atoms with van der Waals surface area (Å²) in [6.07, 6.45) is 0.139. The van der Waals surface area contributed by atoms with Gasteiger partial charge < -0.3 is 10.2 Å². The van der Waals surface area contributed by atoms with Gasteiger partial charge in [-0.05, 0) is 30.4 Å². The van der Waals surface area contributed by atoms with Crippen LogP contribution in [0.1, 0.15) is 43.7 Å². The maximum Gasteiger partial charge on any atom is 0.233 e. The van der Waals surface area contributed by atoms with Crippen LogP contribution in [0.25, 0.3) is 0 Å². The van der Waals surface area contributed by atoms with Gasteiger partial charge in [-0.15, -0.1) is 0 Å². The summed E-state index contributed by atoms with van der Waals surface area (Å²) in [7, 11) is -1.50. The quantitative estimate of drug-likeness (QED) is 0.809. The third kappa shape index (κ3) is 4.81. The average Bonchev–Trinajstić information content (AvgIpc) is 2.88. The number of anilines is 1. The van der Waals surface area contributed by atoms with Gasteiger partial charge in [-0.1, -0.05) is 32.0 Å². The van der Waals surface area contributed by atoms with E-state index >= 15 is 0 Å². The maximum atomic E-state index is 12.3. The van der Waals surface area contributed by atoms with Crippen molar-refractivity contribution in [3.8, 4) is 0 Å². The van der Waals surface area contributed by atoms with Crippen LogP contribution in [-0.4, -0.2) is 49.7 Å². The summed E-state index contributed by atoms with van der Waals surface area (Å²) < 4.78 is 23.1. The standard InChI is InChI=1S/C18H26N2O4S/c1-12(2)15-7-5-6-13(3)18(15)19-16(21)10-17(22)20(4)14-8-9-25(23,24)11-14/h5-7,12,14H,8-11H2,1-4H3,(H,19,21). The number of para-hydroxylation sites is 1. The molecule has 1 fully saturated rings. The third-order valence-electron chi connectivity index (χ3n) is 4.65. The third-order valence-corrected chi connectivity index (χ3v) is 6.40. The van der Waals surface area contributed by atoms with Crippen LogP contribution in [-0.2, 0) is 19.4 Å². The Balaban J connectivity index is 2.02. The molecule has 0 aromatic heterocycles. The highest BCUT2D eigenvalue weighted by molar-refractivity contribution is 7.91. The fourth-order valence-corrected chi connectivity index (χ4v) is 4.85. The van der Waals surface area contributed by atoms with Crippen LogP contribution in [0.5, 0.6) is 0 Å². The number of sulfone groups is 1. The molecule has 2 amide bonds. The Morgan fingerprint density at radius 3 is 2.56 bits per heavy atom. The topological polar surface area (TPSA) is 83.6 Å². The zero-order valence-electron chi connectivity index (χ0n) is 15.2. The first kappa shape index (κ1) is 19.4. The van der Waals surface area contributed by atoms with Gasteiger partial charge >= 0.3 is 0 Å². The summed E-state index contributed by atoms with van der Waals surface area (Å²) in [5.41, 5.74) is 2.72. The first-order valence-corrected chi connectivity index (χ1v) is 10.3. The van der Waals surface area contributed by atoms with Gasteiger partial charge in [0.1, 0.15) is 6.42 Å². The molecule has 0 saturated carbocycles. The van der Waals surface area contributed by atoms with Gasteiger partial charge in [0, 0.05) is 18.8 Å². The van der Waals surface area contributed by atoms with Gasteiger partial charge in [0.05, 0.1) is 11.5 Å². The number of amides is 2. The lowest BCUT2D eigenvalue weighted by Crippen LogP contribution is -2.39. The van der Waals surface area contributed by atoms with Gasteiger partial charge in [-0.3, -0.25) is 9.59 Å². The predicted molar refractivity (Wildman–Crippen MR) is 98.3 cm³/mol. The molecule has 25 heavy (non-hydrogen) atoms. The van der Waals surface area contributed by atoms with Gasteiger partial charge in [-0.25, -0.2) is 8.42 Å². The van der Waals surface area contributed by atoms with Crippen LogP contribution < -0.4 is 5.32 Å². The van der Waals surface area contributed by atoms with E-state index in [1.807, 2.05) is 39.0 Å². The molecule has 0 aliphatic carbocycles. The molecule has 0 radical (unpaired) electrons. The lowest BCUT2D eigenvalue weighted by molar-refractivity contribution is -0.134. The molecule has 1 aliphatic heterocycles. The molecule has 1 aromatic rings. The van der Waals surface area contributed by atoms with E-state index in [2.05, 4.69) is 5.32 Å². The average molecular weight is 366 g/mol. The smallest absolute Gasteiger partial charge is 0.233 e. The largest absolute Gasteiger partial charge is 0.341 e. The molecular weight excluding hydrogens is 340 g/mol. The normalized spacial score (nSPS) is 19.0. The first-order chi connectivity index (χ1) is 11.6. The lowest BCUT2D eigenvalue weighted by atomic mass is 9.98. The molecule has 0 bridgehead atoms. The minimum Gasteiger partial charge on any atom is -0.341 e. The Bertz CT molecular complexity index is 771. The Kier molecular flexibility index (Phi) is 5.87. The monoisotopic (exact) mass is 366 g/mol. The van der Waals surface area contributed by atoms with E-state index < -0.39 is 9.84 Å². The Labute approximate surface area is 149 Å². The molecule has 1 saturated heterocycles. The minimum atomic E-state index is -3.07. The van der Waals surface area contributed by atoms with Gasteiger partial charge in [-0.2, -0.15) is 0 Å². The van der Waals surface area contributed by atoms with Crippen molar-refractivity contribution in [2.75, 3.05) is 23.9 Å². The van der Waals surface area contributed by atoms with Crippen LogP contribution in [0.3, 0.4) is 0 Å². The molecule has 7 heteroatoms. The number of aryl methyl sites for hydroxylation is 1. The van der Waals surface area contributed by atoms with E-state index in [0.717, 1.165) is 16.8 Å². The van der Waals surface area contributed by atoms with E-state index in [-0.39, 0.29) is 41.7 Å². The molecule has 1 heterocycles. The van der Waals surface area contributed by atoms with E-state index in [4.69, 9.17) is 0 Å². The van der Waals surface area contributed by atoms with E-state index in [1.54, 1.807) is 7.05 Å². The number of hydrogen-bond donors (Lipinski definition) is 1.